The van der Waals surface area contributed by atoms with Crippen LogP contribution in [0.15, 0.2) is 22.7 Å². The summed E-state index contributed by atoms with van der Waals surface area (Å²) < 4.78 is 1.25. The van der Waals surface area contributed by atoms with Gasteiger partial charge >= 0.3 is 7.69 Å². The van der Waals surface area contributed by atoms with Crippen molar-refractivity contribution in [2.45, 2.75) is 0 Å². The third-order valence-corrected chi connectivity index (χ3v) is 1.94. The van der Waals surface area contributed by atoms with Gasteiger partial charge < -0.3 is 10.0 Å². The molecule has 0 spiro atoms. The molecule has 0 saturated heterocycles. The van der Waals surface area contributed by atoms with Gasteiger partial charge in [0.1, 0.15) is 0 Å². The van der Waals surface area contributed by atoms with Crippen LogP contribution in [0.1, 0.15) is 0 Å². The molecule has 2 N–H and O–H groups in total. The second-order valence-electron chi connectivity index (χ2n) is 1.84. The molecule has 0 heterocycles. The molecular formula is C6H6BBrO2. The molecule has 0 saturated carbocycles. The largest absolute Gasteiger partial charge is 0.432 e. The fourth-order valence-electron chi connectivity index (χ4n) is 0.743. The minimum absolute atomic E-state index is 0.750. The van der Waals surface area contributed by atoms with Crippen LogP contribution in [-0.2, 0) is 0 Å². The Balaban J connectivity index is 0.000000148. The van der Waals surface area contributed by atoms with E-state index < -0.39 is 7.69 Å². The molecule has 2 aliphatic rings. The Labute approximate surface area is 67.9 Å². The van der Waals surface area contributed by atoms with Gasteiger partial charge in [0, 0.05) is 4.47 Å². The summed E-state index contributed by atoms with van der Waals surface area (Å²) in [4.78, 5) is 0. The van der Waals surface area contributed by atoms with E-state index in [0.717, 1.165) is 0 Å². The Morgan fingerprint density at radius 3 is 1.90 bits per heavy atom. The van der Waals surface area contributed by atoms with Crippen LogP contribution in [0.2, 0.25) is 0 Å². The van der Waals surface area contributed by atoms with Crippen molar-refractivity contribution in [1.29, 1.82) is 0 Å². The van der Waals surface area contributed by atoms with Crippen molar-refractivity contribution in [3.05, 3.63) is 22.7 Å². The van der Waals surface area contributed by atoms with E-state index >= 15 is 0 Å². The molecule has 0 aliphatic heterocycles. The SMILES string of the molecule is Brc1cc2ccc1-2.OBO. The molecule has 0 amide bonds. The lowest BCUT2D eigenvalue weighted by Crippen LogP contribution is -1.89. The quantitative estimate of drug-likeness (QED) is 0.614. The zero-order valence-electron chi connectivity index (χ0n) is 5.21. The number of hydrogen-bond acceptors (Lipinski definition) is 2. The Morgan fingerprint density at radius 1 is 1.30 bits per heavy atom. The van der Waals surface area contributed by atoms with E-state index in [1.807, 2.05) is 0 Å². The highest BCUT2D eigenvalue weighted by atomic mass is 79.9. The van der Waals surface area contributed by atoms with E-state index in [1.165, 1.54) is 15.6 Å². The van der Waals surface area contributed by atoms with E-state index in [9.17, 15) is 0 Å². The van der Waals surface area contributed by atoms with Crippen LogP contribution in [0, 0.1) is 0 Å². The Bertz CT molecular complexity index is 239. The molecule has 0 unspecified atom stereocenters. The van der Waals surface area contributed by atoms with Gasteiger partial charge in [-0.2, -0.15) is 0 Å². The summed E-state index contributed by atoms with van der Waals surface area (Å²) in [5, 5.41) is 14.2. The molecular weight excluding hydrogens is 195 g/mol. The highest BCUT2D eigenvalue weighted by Crippen LogP contribution is 2.39. The summed E-state index contributed by atoms with van der Waals surface area (Å²) >= 11 is 3.37. The lowest BCUT2D eigenvalue weighted by atomic mass is 9.94. The number of hydrogen-bond donors (Lipinski definition) is 2. The zero-order valence-corrected chi connectivity index (χ0v) is 6.80. The van der Waals surface area contributed by atoms with Gasteiger partial charge in [-0.25, -0.2) is 0 Å². The van der Waals surface area contributed by atoms with Crippen LogP contribution in [0.5, 0.6) is 0 Å². The monoisotopic (exact) mass is 200 g/mol. The zero-order chi connectivity index (χ0) is 7.56. The standard InChI is InChI=1S/C6H3Br.BH3O2/c7-6-3-4-1-2-5(4)6;2-1-3/h1-3H;1-3H. The first-order valence-electron chi connectivity index (χ1n) is 2.81. The highest BCUT2D eigenvalue weighted by molar-refractivity contribution is 9.10. The summed E-state index contributed by atoms with van der Waals surface area (Å²) in [5.74, 6) is 0. The maximum Gasteiger partial charge on any atom is 0.432 e. The average molecular weight is 201 g/mol. The topological polar surface area (TPSA) is 40.5 Å². The van der Waals surface area contributed by atoms with Crippen LogP contribution in [0.3, 0.4) is 0 Å². The molecule has 0 fully saturated rings. The molecule has 4 heteroatoms. The summed E-state index contributed by atoms with van der Waals surface area (Å²) in [6.45, 7) is 0. The molecule has 0 atom stereocenters. The van der Waals surface area contributed by atoms with Crippen molar-refractivity contribution in [3.8, 4) is 11.1 Å². The van der Waals surface area contributed by atoms with Crippen LogP contribution in [0.4, 0.5) is 0 Å². The summed E-state index contributed by atoms with van der Waals surface area (Å²) in [7, 11) is -0.750. The maximum absolute atomic E-state index is 7.12. The third-order valence-electron chi connectivity index (χ3n) is 1.28. The predicted molar refractivity (Wildman–Crippen MR) is 44.7 cm³/mol. The van der Waals surface area contributed by atoms with Crippen molar-refractivity contribution in [2.24, 2.45) is 0 Å². The number of rotatable bonds is 0. The first kappa shape index (κ1) is 7.79. The van der Waals surface area contributed by atoms with Crippen molar-refractivity contribution < 1.29 is 10.0 Å². The molecule has 2 nitrogen and oxygen atoms in total. The highest BCUT2D eigenvalue weighted by Gasteiger charge is 2.12. The van der Waals surface area contributed by atoms with E-state index in [1.54, 1.807) is 0 Å². The molecule has 10 heavy (non-hydrogen) atoms. The maximum atomic E-state index is 7.12. The van der Waals surface area contributed by atoms with Crippen molar-refractivity contribution >= 4 is 23.6 Å². The summed E-state index contributed by atoms with van der Waals surface area (Å²) in [5.41, 5.74) is 2.78. The minimum atomic E-state index is -0.750. The second kappa shape index (κ2) is 3.19. The van der Waals surface area contributed by atoms with E-state index in [4.69, 9.17) is 10.0 Å². The minimum Gasteiger partial charge on any atom is -0.430 e. The lowest BCUT2D eigenvalue weighted by molar-refractivity contribution is 0.448. The molecule has 2 aliphatic carbocycles. The van der Waals surface area contributed by atoms with Gasteiger partial charge in [0.25, 0.3) is 0 Å². The third kappa shape index (κ3) is 1.23. The summed E-state index contributed by atoms with van der Waals surface area (Å²) in [6, 6.07) is 6.34. The normalized spacial score (nSPS) is 9.50. The predicted octanol–water partition coefficient (Wildman–Crippen LogP) is 0.667. The average Bonchev–Trinajstić information content (AvgIpc) is 1.84. The van der Waals surface area contributed by atoms with Crippen LogP contribution < -0.4 is 0 Å². The van der Waals surface area contributed by atoms with Crippen molar-refractivity contribution in [3.63, 3.8) is 0 Å². The van der Waals surface area contributed by atoms with Gasteiger partial charge in [-0.15, -0.1) is 0 Å². The lowest BCUT2D eigenvalue weighted by Gasteiger charge is -2.15. The van der Waals surface area contributed by atoms with Gasteiger partial charge in [-0.1, -0.05) is 28.1 Å². The Hall–Kier alpha value is -0.315. The van der Waals surface area contributed by atoms with Gasteiger partial charge in [0.2, 0.25) is 0 Å². The van der Waals surface area contributed by atoms with Gasteiger partial charge in [0.05, 0.1) is 0 Å². The van der Waals surface area contributed by atoms with Gasteiger partial charge in [-0.05, 0) is 17.2 Å². The number of halogens is 1. The van der Waals surface area contributed by atoms with E-state index in [0.29, 0.717) is 0 Å². The molecule has 0 aromatic rings. The molecule has 0 aromatic heterocycles. The van der Waals surface area contributed by atoms with Crippen LogP contribution in [-0.4, -0.2) is 17.7 Å². The molecule has 0 bridgehead atoms. The van der Waals surface area contributed by atoms with Crippen molar-refractivity contribution in [2.75, 3.05) is 0 Å². The first-order valence-corrected chi connectivity index (χ1v) is 3.60. The van der Waals surface area contributed by atoms with Crippen LogP contribution >= 0.6 is 15.9 Å². The fourth-order valence-corrected chi connectivity index (χ4v) is 1.35. The van der Waals surface area contributed by atoms with Crippen molar-refractivity contribution in [1.82, 2.24) is 0 Å². The Morgan fingerprint density at radius 2 is 1.90 bits per heavy atom. The van der Waals surface area contributed by atoms with Crippen LogP contribution in [0.25, 0.3) is 11.1 Å². The molecule has 52 valence electrons. The second-order valence-corrected chi connectivity index (χ2v) is 2.69. The Kier molecular flexibility index (Phi) is 2.48. The first-order chi connectivity index (χ1) is 4.79. The number of benzene rings is 1. The van der Waals surface area contributed by atoms with E-state index in [-0.39, 0.29) is 0 Å². The van der Waals surface area contributed by atoms with Gasteiger partial charge in [-0.3, -0.25) is 0 Å². The van der Waals surface area contributed by atoms with Gasteiger partial charge in [0.15, 0.2) is 0 Å². The fraction of sp³-hybridized carbons (Fsp3) is 0. The smallest absolute Gasteiger partial charge is 0.430 e. The molecule has 0 aromatic carbocycles. The molecule has 2 rings (SSSR count). The molecule has 0 radical (unpaired) electrons. The van der Waals surface area contributed by atoms with E-state index in [2.05, 4.69) is 34.1 Å². The number of fused-ring (bicyclic) bond motifs is 1. The summed E-state index contributed by atoms with van der Waals surface area (Å²) in [6.07, 6.45) is 0.